The smallest absolute Gasteiger partial charge is 0.265 e. The molecule has 1 aliphatic rings. The molecule has 1 aromatic rings. The Balaban J connectivity index is 0.00000242. The number of piperidine rings is 1. The van der Waals surface area contributed by atoms with Gasteiger partial charge in [-0.05, 0) is 30.5 Å². The van der Waals surface area contributed by atoms with Gasteiger partial charge in [-0.15, -0.1) is 35.5 Å². The number of nitrogens with two attached hydrogens (primary N) is 1. The molecular formula is C14H22ClN3O2S2. The quantitative estimate of drug-likeness (QED) is 0.782. The molecule has 1 aromatic heterocycles. The SMILES string of the molecule is CSc1ccsc1C(=O)N1CCCC(C(=O)NCCN)C1.Cl. The van der Waals surface area contributed by atoms with Crippen molar-refractivity contribution in [1.82, 2.24) is 10.2 Å². The molecule has 1 aliphatic heterocycles. The lowest BCUT2D eigenvalue weighted by Crippen LogP contribution is -2.46. The first-order valence-electron chi connectivity index (χ1n) is 7.06. The van der Waals surface area contributed by atoms with Gasteiger partial charge in [-0.2, -0.15) is 0 Å². The lowest BCUT2D eigenvalue weighted by atomic mass is 9.97. The third kappa shape index (κ3) is 4.62. The zero-order valence-electron chi connectivity index (χ0n) is 12.5. The first-order valence-corrected chi connectivity index (χ1v) is 9.16. The molecule has 2 amide bonds. The van der Waals surface area contributed by atoms with E-state index in [1.165, 1.54) is 11.3 Å². The van der Waals surface area contributed by atoms with Crippen LogP contribution in [0, 0.1) is 5.92 Å². The van der Waals surface area contributed by atoms with E-state index in [9.17, 15) is 9.59 Å². The fourth-order valence-corrected chi connectivity index (χ4v) is 4.18. The summed E-state index contributed by atoms with van der Waals surface area (Å²) < 4.78 is 0. The molecule has 1 unspecified atom stereocenters. The van der Waals surface area contributed by atoms with Crippen LogP contribution in [0.2, 0.25) is 0 Å². The molecule has 5 nitrogen and oxygen atoms in total. The highest BCUT2D eigenvalue weighted by atomic mass is 35.5. The predicted octanol–water partition coefficient (Wildman–Crippen LogP) is 1.82. The Morgan fingerprint density at radius 2 is 2.32 bits per heavy atom. The monoisotopic (exact) mass is 363 g/mol. The molecule has 3 N–H and O–H groups in total. The topological polar surface area (TPSA) is 75.4 Å². The van der Waals surface area contributed by atoms with E-state index in [1.807, 2.05) is 22.6 Å². The Labute approximate surface area is 145 Å². The Bertz CT molecular complexity index is 510. The number of thiophene rings is 1. The van der Waals surface area contributed by atoms with Crippen molar-refractivity contribution in [2.24, 2.45) is 11.7 Å². The molecule has 1 fully saturated rings. The van der Waals surface area contributed by atoms with Crippen molar-refractivity contribution in [2.75, 3.05) is 32.4 Å². The van der Waals surface area contributed by atoms with Crippen molar-refractivity contribution < 1.29 is 9.59 Å². The van der Waals surface area contributed by atoms with Crippen LogP contribution >= 0.6 is 35.5 Å². The molecule has 2 rings (SSSR count). The summed E-state index contributed by atoms with van der Waals surface area (Å²) in [6.45, 7) is 2.16. The number of halogens is 1. The second kappa shape index (κ2) is 9.39. The minimum Gasteiger partial charge on any atom is -0.355 e. The summed E-state index contributed by atoms with van der Waals surface area (Å²) >= 11 is 3.05. The van der Waals surface area contributed by atoms with Crippen LogP contribution in [0.25, 0.3) is 0 Å². The molecule has 8 heteroatoms. The largest absolute Gasteiger partial charge is 0.355 e. The Kier molecular flexibility index (Phi) is 8.24. The first kappa shape index (κ1) is 19.3. The van der Waals surface area contributed by atoms with Gasteiger partial charge in [-0.3, -0.25) is 9.59 Å². The standard InChI is InChI=1S/C14H21N3O2S2.ClH/c1-20-11-4-8-21-12(11)14(19)17-7-2-3-10(9-17)13(18)16-6-5-15;/h4,8,10H,2-3,5-7,9,15H2,1H3,(H,16,18);1H. The average molecular weight is 364 g/mol. The van der Waals surface area contributed by atoms with Crippen LogP contribution in [0.5, 0.6) is 0 Å². The van der Waals surface area contributed by atoms with Gasteiger partial charge in [-0.25, -0.2) is 0 Å². The number of nitrogens with one attached hydrogen (secondary N) is 1. The fraction of sp³-hybridized carbons (Fsp3) is 0.571. The van der Waals surface area contributed by atoms with Crippen molar-refractivity contribution >= 4 is 47.3 Å². The van der Waals surface area contributed by atoms with Crippen LogP contribution < -0.4 is 11.1 Å². The zero-order valence-corrected chi connectivity index (χ0v) is 15.0. The first-order chi connectivity index (χ1) is 10.2. The molecule has 0 saturated carbocycles. The van der Waals surface area contributed by atoms with Gasteiger partial charge in [0.05, 0.1) is 5.92 Å². The molecule has 124 valence electrons. The van der Waals surface area contributed by atoms with E-state index in [2.05, 4.69) is 5.32 Å². The highest BCUT2D eigenvalue weighted by Crippen LogP contribution is 2.28. The normalized spacial score (nSPS) is 17.7. The van der Waals surface area contributed by atoms with E-state index in [0.717, 1.165) is 29.2 Å². The summed E-state index contributed by atoms with van der Waals surface area (Å²) in [7, 11) is 0. The van der Waals surface area contributed by atoms with Crippen LogP contribution in [-0.4, -0.2) is 49.1 Å². The van der Waals surface area contributed by atoms with Gasteiger partial charge in [0, 0.05) is 31.1 Å². The maximum absolute atomic E-state index is 12.6. The fourth-order valence-electron chi connectivity index (χ4n) is 2.47. The summed E-state index contributed by atoms with van der Waals surface area (Å²) in [6, 6.07) is 1.97. The molecule has 0 aliphatic carbocycles. The molecular weight excluding hydrogens is 342 g/mol. The second-order valence-corrected chi connectivity index (χ2v) is 6.75. The van der Waals surface area contributed by atoms with Gasteiger partial charge in [0.2, 0.25) is 5.91 Å². The molecule has 0 spiro atoms. The average Bonchev–Trinajstić information content (AvgIpc) is 3.00. The van der Waals surface area contributed by atoms with Crippen LogP contribution in [0.15, 0.2) is 16.3 Å². The predicted molar refractivity (Wildman–Crippen MR) is 94.0 cm³/mol. The summed E-state index contributed by atoms with van der Waals surface area (Å²) in [5.74, 6) is -0.0631. The van der Waals surface area contributed by atoms with Gasteiger partial charge in [0.15, 0.2) is 0 Å². The highest BCUT2D eigenvalue weighted by Gasteiger charge is 2.29. The summed E-state index contributed by atoms with van der Waals surface area (Å²) in [5.41, 5.74) is 5.40. The van der Waals surface area contributed by atoms with Gasteiger partial charge in [-0.1, -0.05) is 0 Å². The van der Waals surface area contributed by atoms with E-state index < -0.39 is 0 Å². The number of amides is 2. The van der Waals surface area contributed by atoms with Crippen LogP contribution in [0.1, 0.15) is 22.5 Å². The number of carbonyl (C=O) groups is 2. The zero-order chi connectivity index (χ0) is 15.2. The molecule has 0 aromatic carbocycles. The van der Waals surface area contributed by atoms with Crippen LogP contribution in [-0.2, 0) is 4.79 Å². The molecule has 2 heterocycles. The highest BCUT2D eigenvalue weighted by molar-refractivity contribution is 7.98. The number of nitrogens with zero attached hydrogens (tertiary/aromatic N) is 1. The summed E-state index contributed by atoms with van der Waals surface area (Å²) in [4.78, 5) is 28.2. The van der Waals surface area contributed by atoms with Gasteiger partial charge >= 0.3 is 0 Å². The molecule has 0 bridgehead atoms. The van der Waals surface area contributed by atoms with Gasteiger partial charge in [0.1, 0.15) is 4.88 Å². The van der Waals surface area contributed by atoms with E-state index >= 15 is 0 Å². The molecule has 1 saturated heterocycles. The number of thioether (sulfide) groups is 1. The number of carbonyl (C=O) groups excluding carboxylic acids is 2. The van der Waals surface area contributed by atoms with Crippen molar-refractivity contribution in [3.63, 3.8) is 0 Å². The van der Waals surface area contributed by atoms with Crippen LogP contribution in [0.4, 0.5) is 0 Å². The summed E-state index contributed by atoms with van der Waals surface area (Å²) in [6.07, 6.45) is 3.67. The lowest BCUT2D eigenvalue weighted by Gasteiger charge is -2.32. The number of hydrogen-bond donors (Lipinski definition) is 2. The Morgan fingerprint density at radius 3 is 3.00 bits per heavy atom. The maximum atomic E-state index is 12.6. The number of hydrogen-bond acceptors (Lipinski definition) is 5. The molecule has 0 radical (unpaired) electrons. The maximum Gasteiger partial charge on any atom is 0.265 e. The summed E-state index contributed by atoms with van der Waals surface area (Å²) in [5, 5.41) is 4.75. The number of rotatable bonds is 5. The van der Waals surface area contributed by atoms with Crippen LogP contribution in [0.3, 0.4) is 0 Å². The van der Waals surface area contributed by atoms with Gasteiger partial charge < -0.3 is 16.0 Å². The minimum atomic E-state index is -0.119. The molecule has 1 atom stereocenters. The Hall–Kier alpha value is -0.760. The van der Waals surface area contributed by atoms with Crippen molar-refractivity contribution in [3.8, 4) is 0 Å². The third-order valence-electron chi connectivity index (χ3n) is 3.57. The van der Waals surface area contributed by atoms with E-state index in [1.54, 1.807) is 11.8 Å². The van der Waals surface area contributed by atoms with E-state index in [0.29, 0.717) is 19.6 Å². The van der Waals surface area contributed by atoms with Gasteiger partial charge in [0.25, 0.3) is 5.91 Å². The van der Waals surface area contributed by atoms with Crippen molar-refractivity contribution in [3.05, 3.63) is 16.3 Å². The third-order valence-corrected chi connectivity index (χ3v) is 5.38. The van der Waals surface area contributed by atoms with Crippen molar-refractivity contribution in [1.29, 1.82) is 0 Å². The number of likely N-dealkylation sites (tertiary alicyclic amines) is 1. The van der Waals surface area contributed by atoms with Crippen molar-refractivity contribution in [2.45, 2.75) is 17.7 Å². The second-order valence-electron chi connectivity index (χ2n) is 4.99. The Morgan fingerprint density at radius 1 is 1.55 bits per heavy atom. The minimum absolute atomic E-state index is 0. The van der Waals surface area contributed by atoms with E-state index in [4.69, 9.17) is 5.73 Å². The molecule has 22 heavy (non-hydrogen) atoms. The lowest BCUT2D eigenvalue weighted by molar-refractivity contribution is -0.126. The van der Waals surface area contributed by atoms with E-state index in [-0.39, 0.29) is 30.1 Å².